The largest absolute Gasteiger partial charge is 0.467 e. The van der Waals surface area contributed by atoms with E-state index in [9.17, 15) is 0 Å². The van der Waals surface area contributed by atoms with Crippen molar-refractivity contribution in [3.63, 3.8) is 0 Å². The highest BCUT2D eigenvalue weighted by Gasteiger charge is 2.14. The first-order valence-corrected chi connectivity index (χ1v) is 6.49. The van der Waals surface area contributed by atoms with Gasteiger partial charge in [-0.1, -0.05) is 24.6 Å². The second-order valence-electron chi connectivity index (χ2n) is 4.89. The molecule has 0 aliphatic carbocycles. The molecular formula is C16H21NO. The minimum Gasteiger partial charge on any atom is -0.467 e. The van der Waals surface area contributed by atoms with E-state index in [0.29, 0.717) is 0 Å². The Morgan fingerprint density at radius 3 is 2.33 bits per heavy atom. The number of aryl methyl sites for hydroxylation is 3. The van der Waals surface area contributed by atoms with Crippen LogP contribution in [0, 0.1) is 20.8 Å². The van der Waals surface area contributed by atoms with Gasteiger partial charge in [-0.05, 0) is 50.5 Å². The Kier molecular flexibility index (Phi) is 3.75. The van der Waals surface area contributed by atoms with Crippen molar-refractivity contribution in [3.8, 4) is 0 Å². The SMILES string of the molecule is CCC(Nc1c(C)cc(C)cc1C)c1ccco1. The van der Waals surface area contributed by atoms with Gasteiger partial charge in [-0.15, -0.1) is 0 Å². The van der Waals surface area contributed by atoms with E-state index in [1.807, 2.05) is 12.1 Å². The zero-order valence-electron chi connectivity index (χ0n) is 11.6. The Bertz CT molecular complexity index is 491. The van der Waals surface area contributed by atoms with Crippen LogP contribution in [0.4, 0.5) is 5.69 Å². The third-order valence-corrected chi connectivity index (χ3v) is 3.29. The van der Waals surface area contributed by atoms with Crippen LogP contribution in [0.25, 0.3) is 0 Å². The summed E-state index contributed by atoms with van der Waals surface area (Å²) in [6.45, 7) is 8.60. The molecule has 0 aliphatic rings. The lowest BCUT2D eigenvalue weighted by molar-refractivity contribution is 0.473. The van der Waals surface area contributed by atoms with E-state index in [1.165, 1.54) is 22.4 Å². The number of nitrogens with one attached hydrogen (secondary N) is 1. The Morgan fingerprint density at radius 1 is 1.17 bits per heavy atom. The van der Waals surface area contributed by atoms with Crippen LogP contribution in [0.15, 0.2) is 34.9 Å². The third-order valence-electron chi connectivity index (χ3n) is 3.29. The van der Waals surface area contributed by atoms with Crippen LogP contribution in [0.1, 0.15) is 41.8 Å². The number of hydrogen-bond donors (Lipinski definition) is 1. The van der Waals surface area contributed by atoms with Crippen molar-refractivity contribution >= 4 is 5.69 Å². The molecule has 0 radical (unpaired) electrons. The maximum absolute atomic E-state index is 5.50. The Morgan fingerprint density at radius 2 is 1.83 bits per heavy atom. The molecule has 1 N–H and O–H groups in total. The predicted molar refractivity (Wildman–Crippen MR) is 76.0 cm³/mol. The Labute approximate surface area is 109 Å². The normalized spacial score (nSPS) is 12.4. The molecule has 1 heterocycles. The molecule has 0 spiro atoms. The fourth-order valence-electron chi connectivity index (χ4n) is 2.45. The summed E-state index contributed by atoms with van der Waals surface area (Å²) >= 11 is 0. The van der Waals surface area contributed by atoms with Gasteiger partial charge < -0.3 is 9.73 Å². The molecule has 18 heavy (non-hydrogen) atoms. The zero-order valence-corrected chi connectivity index (χ0v) is 11.6. The van der Waals surface area contributed by atoms with Crippen molar-refractivity contribution in [2.45, 2.75) is 40.2 Å². The van der Waals surface area contributed by atoms with Crippen molar-refractivity contribution in [3.05, 3.63) is 53.0 Å². The molecule has 2 heteroatoms. The molecule has 0 amide bonds. The highest BCUT2D eigenvalue weighted by atomic mass is 16.3. The van der Waals surface area contributed by atoms with Gasteiger partial charge in [0.1, 0.15) is 5.76 Å². The van der Waals surface area contributed by atoms with E-state index in [4.69, 9.17) is 4.42 Å². The van der Waals surface area contributed by atoms with E-state index in [-0.39, 0.29) is 6.04 Å². The van der Waals surface area contributed by atoms with E-state index in [2.05, 4.69) is 45.1 Å². The van der Waals surface area contributed by atoms with Gasteiger partial charge in [0.05, 0.1) is 12.3 Å². The van der Waals surface area contributed by atoms with Gasteiger partial charge in [0.2, 0.25) is 0 Å². The quantitative estimate of drug-likeness (QED) is 0.836. The highest BCUT2D eigenvalue weighted by molar-refractivity contribution is 5.59. The maximum Gasteiger partial charge on any atom is 0.125 e. The molecule has 1 aromatic heterocycles. The van der Waals surface area contributed by atoms with Crippen molar-refractivity contribution in [1.82, 2.24) is 0 Å². The second-order valence-corrected chi connectivity index (χ2v) is 4.89. The van der Waals surface area contributed by atoms with E-state index in [1.54, 1.807) is 6.26 Å². The fraction of sp³-hybridized carbons (Fsp3) is 0.375. The summed E-state index contributed by atoms with van der Waals surface area (Å²) < 4.78 is 5.50. The minimum atomic E-state index is 0.236. The van der Waals surface area contributed by atoms with Gasteiger partial charge in [-0.25, -0.2) is 0 Å². The van der Waals surface area contributed by atoms with E-state index in [0.717, 1.165) is 12.2 Å². The molecule has 96 valence electrons. The summed E-state index contributed by atoms with van der Waals surface area (Å²) in [7, 11) is 0. The van der Waals surface area contributed by atoms with E-state index < -0.39 is 0 Å². The predicted octanol–water partition coefficient (Wildman–Crippen LogP) is 4.77. The smallest absolute Gasteiger partial charge is 0.125 e. The van der Waals surface area contributed by atoms with Crippen LogP contribution in [-0.2, 0) is 0 Å². The summed E-state index contributed by atoms with van der Waals surface area (Å²) in [5, 5.41) is 3.60. The Balaban J connectivity index is 2.28. The molecule has 2 nitrogen and oxygen atoms in total. The van der Waals surface area contributed by atoms with Crippen LogP contribution in [0.3, 0.4) is 0 Å². The summed E-state index contributed by atoms with van der Waals surface area (Å²) in [5.74, 6) is 0.997. The zero-order chi connectivity index (χ0) is 13.1. The lowest BCUT2D eigenvalue weighted by atomic mass is 10.0. The third kappa shape index (κ3) is 2.58. The highest BCUT2D eigenvalue weighted by Crippen LogP contribution is 2.28. The maximum atomic E-state index is 5.50. The lowest BCUT2D eigenvalue weighted by Gasteiger charge is -2.20. The van der Waals surface area contributed by atoms with Crippen molar-refractivity contribution in [2.75, 3.05) is 5.32 Å². The number of benzene rings is 1. The molecular weight excluding hydrogens is 222 g/mol. The van der Waals surface area contributed by atoms with Gasteiger partial charge in [0.15, 0.2) is 0 Å². The molecule has 0 bridgehead atoms. The summed E-state index contributed by atoms with van der Waals surface area (Å²) in [4.78, 5) is 0. The molecule has 1 aromatic carbocycles. The van der Waals surface area contributed by atoms with Gasteiger partial charge >= 0.3 is 0 Å². The van der Waals surface area contributed by atoms with Gasteiger partial charge in [0.25, 0.3) is 0 Å². The summed E-state index contributed by atoms with van der Waals surface area (Å²) in [6, 6.07) is 8.63. The topological polar surface area (TPSA) is 25.2 Å². The standard InChI is InChI=1S/C16H21NO/c1-5-14(15-7-6-8-18-15)17-16-12(3)9-11(2)10-13(16)4/h6-10,14,17H,5H2,1-4H3. The van der Waals surface area contributed by atoms with Gasteiger partial charge in [0, 0.05) is 5.69 Å². The first-order valence-electron chi connectivity index (χ1n) is 6.49. The summed E-state index contributed by atoms with van der Waals surface area (Å²) in [5.41, 5.74) is 5.11. The van der Waals surface area contributed by atoms with Crippen molar-refractivity contribution < 1.29 is 4.42 Å². The van der Waals surface area contributed by atoms with Crippen LogP contribution >= 0.6 is 0 Å². The van der Waals surface area contributed by atoms with Gasteiger partial charge in [-0.2, -0.15) is 0 Å². The molecule has 1 atom stereocenters. The average molecular weight is 243 g/mol. The first kappa shape index (κ1) is 12.7. The van der Waals surface area contributed by atoms with Crippen LogP contribution < -0.4 is 5.32 Å². The molecule has 0 saturated heterocycles. The first-order chi connectivity index (χ1) is 8.61. The molecule has 0 fully saturated rings. The van der Waals surface area contributed by atoms with Crippen molar-refractivity contribution in [1.29, 1.82) is 0 Å². The molecule has 0 aliphatic heterocycles. The molecule has 1 unspecified atom stereocenters. The second kappa shape index (κ2) is 5.30. The number of hydrogen-bond acceptors (Lipinski definition) is 2. The lowest BCUT2D eigenvalue weighted by Crippen LogP contribution is -2.11. The average Bonchev–Trinajstić information content (AvgIpc) is 2.81. The fourth-order valence-corrected chi connectivity index (χ4v) is 2.45. The molecule has 2 rings (SSSR count). The minimum absolute atomic E-state index is 0.236. The van der Waals surface area contributed by atoms with Crippen LogP contribution in [-0.4, -0.2) is 0 Å². The molecule has 0 saturated carbocycles. The number of anilines is 1. The summed E-state index contributed by atoms with van der Waals surface area (Å²) in [6.07, 6.45) is 2.73. The monoisotopic (exact) mass is 243 g/mol. The van der Waals surface area contributed by atoms with Crippen molar-refractivity contribution in [2.24, 2.45) is 0 Å². The van der Waals surface area contributed by atoms with E-state index >= 15 is 0 Å². The number of furan rings is 1. The molecule has 2 aromatic rings. The van der Waals surface area contributed by atoms with Crippen LogP contribution in [0.5, 0.6) is 0 Å². The number of rotatable bonds is 4. The Hall–Kier alpha value is -1.70. The van der Waals surface area contributed by atoms with Gasteiger partial charge in [-0.3, -0.25) is 0 Å². The van der Waals surface area contributed by atoms with Crippen LogP contribution in [0.2, 0.25) is 0 Å².